The summed E-state index contributed by atoms with van der Waals surface area (Å²) in [6.07, 6.45) is 8.75. The van der Waals surface area contributed by atoms with Crippen molar-refractivity contribution in [3.63, 3.8) is 0 Å². The van der Waals surface area contributed by atoms with E-state index in [9.17, 15) is 14.4 Å². The molecule has 0 atom stereocenters. The molecular formula is C22H27NO6S2. The van der Waals surface area contributed by atoms with Crippen LogP contribution in [-0.4, -0.2) is 50.4 Å². The molecule has 1 fully saturated rings. The number of unbranched alkanes of at least 4 members (excludes halogenated alkanes) is 6. The highest BCUT2D eigenvalue weighted by molar-refractivity contribution is 8.26. The van der Waals surface area contributed by atoms with E-state index < -0.39 is 18.5 Å². The Morgan fingerprint density at radius 2 is 1.58 bits per heavy atom. The Balaban J connectivity index is 1.73. The minimum atomic E-state index is -1.04. The average molecular weight is 466 g/mol. The van der Waals surface area contributed by atoms with Crippen molar-refractivity contribution in [2.75, 3.05) is 13.2 Å². The molecule has 0 aliphatic carbocycles. The van der Waals surface area contributed by atoms with Crippen LogP contribution in [0, 0.1) is 0 Å². The molecule has 2 N–H and O–H groups in total. The number of carboxylic acids is 2. The summed E-state index contributed by atoms with van der Waals surface area (Å²) in [6, 6.07) is 6.86. The Morgan fingerprint density at radius 1 is 0.968 bits per heavy atom. The molecule has 1 aliphatic heterocycles. The molecule has 1 aliphatic rings. The number of thiocarbonyl (C=S) groups is 1. The van der Waals surface area contributed by atoms with E-state index in [2.05, 4.69) is 0 Å². The smallest absolute Gasteiger partial charge is 0.341 e. The molecular weight excluding hydrogens is 438 g/mol. The Kier molecular flexibility index (Phi) is 10.5. The number of hydrogen-bond acceptors (Lipinski definition) is 6. The zero-order valence-electron chi connectivity index (χ0n) is 17.2. The summed E-state index contributed by atoms with van der Waals surface area (Å²) in [6.45, 7) is 0.200. The summed E-state index contributed by atoms with van der Waals surface area (Å²) in [5.74, 6) is -1.41. The topological polar surface area (TPSA) is 104 Å². The molecule has 1 aromatic rings. The fourth-order valence-electron chi connectivity index (χ4n) is 3.08. The monoisotopic (exact) mass is 465 g/mol. The number of carboxylic acid groups (broad SMARTS) is 2. The van der Waals surface area contributed by atoms with E-state index in [-0.39, 0.29) is 12.3 Å². The third kappa shape index (κ3) is 9.10. The minimum Gasteiger partial charge on any atom is -0.482 e. The second-order valence-corrected chi connectivity index (χ2v) is 8.88. The number of nitrogens with zero attached hydrogens (tertiary/aromatic N) is 1. The molecule has 1 amide bonds. The number of carbonyl (C=O) groups is 3. The third-order valence-corrected chi connectivity index (χ3v) is 6.06. The lowest BCUT2D eigenvalue weighted by molar-refractivity contribution is -0.139. The normalized spacial score (nSPS) is 15.0. The maximum Gasteiger partial charge on any atom is 0.341 e. The van der Waals surface area contributed by atoms with Crippen molar-refractivity contribution in [2.24, 2.45) is 0 Å². The molecule has 0 bridgehead atoms. The first-order valence-corrected chi connectivity index (χ1v) is 11.5. The number of amides is 1. The van der Waals surface area contributed by atoms with Crippen LogP contribution in [0.2, 0.25) is 0 Å². The van der Waals surface area contributed by atoms with Gasteiger partial charge < -0.3 is 14.9 Å². The Morgan fingerprint density at radius 3 is 2.19 bits per heavy atom. The van der Waals surface area contributed by atoms with Crippen LogP contribution in [0.15, 0.2) is 29.2 Å². The predicted molar refractivity (Wildman–Crippen MR) is 124 cm³/mol. The highest BCUT2D eigenvalue weighted by Crippen LogP contribution is 2.33. The number of aliphatic carboxylic acids is 2. The fraction of sp³-hybridized carbons (Fsp3) is 0.455. The van der Waals surface area contributed by atoms with Gasteiger partial charge in [0.1, 0.15) is 10.1 Å². The number of rotatable bonds is 14. The maximum absolute atomic E-state index is 12.7. The molecule has 168 valence electrons. The number of thioether (sulfide) groups is 1. The predicted octanol–water partition coefficient (Wildman–Crippen LogP) is 4.56. The Hall–Kier alpha value is -2.39. The molecule has 0 aromatic heterocycles. The summed E-state index contributed by atoms with van der Waals surface area (Å²) >= 11 is 6.65. The molecule has 2 rings (SSSR count). The number of benzene rings is 1. The molecule has 1 aromatic carbocycles. The van der Waals surface area contributed by atoms with E-state index >= 15 is 0 Å². The van der Waals surface area contributed by atoms with E-state index in [1.807, 2.05) is 0 Å². The van der Waals surface area contributed by atoms with E-state index in [0.717, 1.165) is 50.5 Å². The second-order valence-electron chi connectivity index (χ2n) is 7.20. The Labute approximate surface area is 191 Å². The van der Waals surface area contributed by atoms with Crippen molar-refractivity contribution >= 4 is 52.2 Å². The summed E-state index contributed by atoms with van der Waals surface area (Å²) in [7, 11) is 0. The van der Waals surface area contributed by atoms with Crippen molar-refractivity contribution in [1.82, 2.24) is 4.90 Å². The van der Waals surface area contributed by atoms with Crippen molar-refractivity contribution < 1.29 is 29.3 Å². The van der Waals surface area contributed by atoms with Gasteiger partial charge in [0.05, 0.1) is 4.91 Å². The van der Waals surface area contributed by atoms with Crippen molar-refractivity contribution in [3.8, 4) is 5.75 Å². The van der Waals surface area contributed by atoms with Crippen LogP contribution in [0.25, 0.3) is 6.08 Å². The number of carbonyl (C=O) groups excluding carboxylic acids is 1. The van der Waals surface area contributed by atoms with Gasteiger partial charge in [-0.25, -0.2) is 4.79 Å². The van der Waals surface area contributed by atoms with Crippen molar-refractivity contribution in [3.05, 3.63) is 34.7 Å². The lowest BCUT2D eigenvalue weighted by atomic mass is 10.1. The second kappa shape index (κ2) is 13.1. The quantitative estimate of drug-likeness (QED) is 0.234. The van der Waals surface area contributed by atoms with E-state index in [4.69, 9.17) is 27.2 Å². The molecule has 7 nitrogen and oxygen atoms in total. The number of ether oxygens (including phenoxy) is 1. The van der Waals surface area contributed by atoms with Crippen molar-refractivity contribution in [2.45, 2.75) is 51.4 Å². The minimum absolute atomic E-state index is 0.0881. The highest BCUT2D eigenvalue weighted by atomic mass is 32.2. The Bertz CT molecular complexity index is 822. The van der Waals surface area contributed by atoms with Crippen LogP contribution in [0.3, 0.4) is 0 Å². The molecule has 9 heteroatoms. The molecule has 0 unspecified atom stereocenters. The summed E-state index contributed by atoms with van der Waals surface area (Å²) < 4.78 is 5.66. The van der Waals surface area contributed by atoms with Crippen LogP contribution in [0.5, 0.6) is 5.75 Å². The van der Waals surface area contributed by atoms with Crippen LogP contribution in [0.1, 0.15) is 56.9 Å². The maximum atomic E-state index is 12.7. The first-order valence-electron chi connectivity index (χ1n) is 10.3. The van der Waals surface area contributed by atoms with Gasteiger partial charge in [0.25, 0.3) is 5.91 Å². The summed E-state index contributed by atoms with van der Waals surface area (Å²) in [5, 5.41) is 17.3. The zero-order chi connectivity index (χ0) is 22.6. The van der Waals surface area contributed by atoms with Gasteiger partial charge in [-0.2, -0.15) is 0 Å². The lowest BCUT2D eigenvalue weighted by Gasteiger charge is -2.14. The standard InChI is InChI=1S/C22H27NO6S2/c24-19(25)8-6-4-2-1-3-5-7-13-23-21(28)18(31-22(23)30)14-16-9-11-17(12-10-16)29-15-20(26)27/h9-12,14H,1-8,13,15H2,(H,24,25)(H,26,27)/b18-14-. The first-order chi connectivity index (χ1) is 14.9. The zero-order valence-corrected chi connectivity index (χ0v) is 18.9. The highest BCUT2D eigenvalue weighted by Gasteiger charge is 2.31. The van der Waals surface area contributed by atoms with Crippen LogP contribution >= 0.6 is 24.0 Å². The largest absolute Gasteiger partial charge is 0.482 e. The fourth-order valence-corrected chi connectivity index (χ4v) is 4.39. The van der Waals surface area contributed by atoms with Crippen LogP contribution in [0.4, 0.5) is 0 Å². The molecule has 1 heterocycles. The molecule has 0 saturated carbocycles. The molecule has 1 saturated heterocycles. The first kappa shape index (κ1) is 24.9. The molecule has 0 radical (unpaired) electrons. The van der Waals surface area contributed by atoms with Crippen LogP contribution in [-0.2, 0) is 14.4 Å². The number of hydrogen-bond donors (Lipinski definition) is 2. The van der Waals surface area contributed by atoms with Gasteiger partial charge >= 0.3 is 11.9 Å². The van der Waals surface area contributed by atoms with E-state index in [0.29, 0.717) is 21.5 Å². The summed E-state index contributed by atoms with van der Waals surface area (Å²) in [4.78, 5) is 35.9. The average Bonchev–Trinajstić information content (AvgIpc) is 2.99. The van der Waals surface area contributed by atoms with Gasteiger partial charge in [0, 0.05) is 13.0 Å². The van der Waals surface area contributed by atoms with Crippen LogP contribution < -0.4 is 4.74 Å². The van der Waals surface area contributed by atoms with Gasteiger partial charge in [-0.1, -0.05) is 68.2 Å². The SMILES string of the molecule is O=C(O)CCCCCCCCCN1C(=O)/C(=C/c2ccc(OCC(=O)O)cc2)SC1=S. The van der Waals surface area contributed by atoms with E-state index in [1.54, 1.807) is 35.2 Å². The van der Waals surface area contributed by atoms with Gasteiger partial charge in [-0.15, -0.1) is 0 Å². The third-order valence-electron chi connectivity index (χ3n) is 4.69. The van der Waals surface area contributed by atoms with E-state index in [1.165, 1.54) is 11.8 Å². The van der Waals surface area contributed by atoms with Gasteiger partial charge in [0.2, 0.25) is 0 Å². The molecule has 31 heavy (non-hydrogen) atoms. The van der Waals surface area contributed by atoms with Gasteiger partial charge in [0.15, 0.2) is 6.61 Å². The van der Waals surface area contributed by atoms with Gasteiger partial charge in [-0.3, -0.25) is 14.5 Å². The van der Waals surface area contributed by atoms with Gasteiger partial charge in [-0.05, 0) is 36.6 Å². The summed E-state index contributed by atoms with van der Waals surface area (Å²) in [5.41, 5.74) is 0.811. The van der Waals surface area contributed by atoms with Crippen molar-refractivity contribution in [1.29, 1.82) is 0 Å². The molecule has 0 spiro atoms. The lowest BCUT2D eigenvalue weighted by Crippen LogP contribution is -2.29.